The summed E-state index contributed by atoms with van der Waals surface area (Å²) < 4.78 is 27.5. The van der Waals surface area contributed by atoms with Crippen LogP contribution in [-0.4, -0.2) is 39.1 Å². The van der Waals surface area contributed by atoms with Crippen molar-refractivity contribution in [2.45, 2.75) is 11.8 Å². The third-order valence-corrected chi connectivity index (χ3v) is 5.11. The molecule has 1 N–H and O–H groups in total. The third kappa shape index (κ3) is 4.37. The second-order valence-electron chi connectivity index (χ2n) is 5.58. The fourth-order valence-corrected chi connectivity index (χ4v) is 3.42. The van der Waals surface area contributed by atoms with Gasteiger partial charge in [0.2, 0.25) is 0 Å². The van der Waals surface area contributed by atoms with Crippen LogP contribution in [-0.2, 0) is 10.0 Å². The second kappa shape index (κ2) is 7.25. The van der Waals surface area contributed by atoms with Crippen molar-refractivity contribution >= 4 is 39.0 Å². The minimum absolute atomic E-state index is 0.0689. The van der Waals surface area contributed by atoms with Crippen molar-refractivity contribution in [1.29, 1.82) is 0 Å². The average molecular weight is 381 g/mol. The quantitative estimate of drug-likeness (QED) is 0.808. The predicted molar refractivity (Wildman–Crippen MR) is 96.7 cm³/mol. The molecule has 6 nitrogen and oxygen atoms in total. The number of carbonyl (C=O) groups excluding carboxylic acids is 2. The molecule has 0 bridgehead atoms. The molecule has 1 amide bonds. The van der Waals surface area contributed by atoms with Crippen LogP contribution < -0.4 is 4.72 Å². The van der Waals surface area contributed by atoms with Crippen molar-refractivity contribution in [3.8, 4) is 0 Å². The van der Waals surface area contributed by atoms with Gasteiger partial charge in [-0.15, -0.1) is 0 Å². The predicted octanol–water partition coefficient (Wildman–Crippen LogP) is 3.05. The topological polar surface area (TPSA) is 83.5 Å². The highest BCUT2D eigenvalue weighted by molar-refractivity contribution is 7.92. The number of hydrogen-bond acceptors (Lipinski definition) is 4. The fraction of sp³-hybridized carbons (Fsp3) is 0.176. The molecular weight excluding hydrogens is 364 g/mol. The Hall–Kier alpha value is -2.38. The van der Waals surface area contributed by atoms with Gasteiger partial charge in [0.15, 0.2) is 5.78 Å². The molecule has 2 rings (SSSR count). The monoisotopic (exact) mass is 380 g/mol. The summed E-state index contributed by atoms with van der Waals surface area (Å²) in [6.45, 7) is 1.35. The lowest BCUT2D eigenvalue weighted by Gasteiger charge is -2.14. The molecule has 132 valence electrons. The van der Waals surface area contributed by atoms with Crippen LogP contribution in [0.15, 0.2) is 47.4 Å². The fourth-order valence-electron chi connectivity index (χ4n) is 2.08. The zero-order valence-corrected chi connectivity index (χ0v) is 15.5. The largest absolute Gasteiger partial charge is 0.345 e. The Morgan fingerprint density at radius 1 is 1.04 bits per heavy atom. The van der Waals surface area contributed by atoms with Gasteiger partial charge in [0.25, 0.3) is 15.9 Å². The summed E-state index contributed by atoms with van der Waals surface area (Å²) in [6.07, 6.45) is 0. The zero-order valence-electron chi connectivity index (χ0n) is 13.9. The number of hydrogen-bond donors (Lipinski definition) is 1. The van der Waals surface area contributed by atoms with E-state index < -0.39 is 10.0 Å². The number of sulfonamides is 1. The molecule has 2 aromatic carbocycles. The van der Waals surface area contributed by atoms with Gasteiger partial charge in [-0.1, -0.05) is 23.7 Å². The average Bonchev–Trinajstić information content (AvgIpc) is 2.56. The van der Waals surface area contributed by atoms with E-state index in [9.17, 15) is 18.0 Å². The molecule has 8 heteroatoms. The first-order valence-corrected chi connectivity index (χ1v) is 9.13. The van der Waals surface area contributed by atoms with Gasteiger partial charge >= 0.3 is 0 Å². The van der Waals surface area contributed by atoms with Crippen LogP contribution in [0.5, 0.6) is 0 Å². The van der Waals surface area contributed by atoms with E-state index in [-0.39, 0.29) is 32.9 Å². The van der Waals surface area contributed by atoms with Gasteiger partial charge in [-0.3, -0.25) is 14.3 Å². The highest BCUT2D eigenvalue weighted by atomic mass is 35.5. The summed E-state index contributed by atoms with van der Waals surface area (Å²) >= 11 is 6.05. The van der Waals surface area contributed by atoms with Gasteiger partial charge in [0, 0.05) is 25.2 Å². The Bertz CT molecular complexity index is 939. The van der Waals surface area contributed by atoms with E-state index in [0.29, 0.717) is 5.56 Å². The molecule has 0 unspecified atom stereocenters. The molecule has 0 saturated carbocycles. The maximum atomic E-state index is 12.6. The molecular formula is C17H17ClN2O4S. The van der Waals surface area contributed by atoms with Crippen LogP contribution in [0.4, 0.5) is 5.69 Å². The molecule has 25 heavy (non-hydrogen) atoms. The molecule has 0 aliphatic carbocycles. The third-order valence-electron chi connectivity index (χ3n) is 3.41. The number of Topliss-reactive ketones (excluding diaryl/α,β-unsaturated/α-hetero) is 1. The van der Waals surface area contributed by atoms with Crippen molar-refractivity contribution < 1.29 is 18.0 Å². The molecule has 0 heterocycles. The molecule has 0 fully saturated rings. The van der Waals surface area contributed by atoms with E-state index >= 15 is 0 Å². The van der Waals surface area contributed by atoms with Crippen LogP contribution in [0.1, 0.15) is 27.6 Å². The number of nitrogens with one attached hydrogen (secondary N) is 1. The summed E-state index contributed by atoms with van der Waals surface area (Å²) in [5.41, 5.74) is 0.665. The summed E-state index contributed by atoms with van der Waals surface area (Å²) in [5.74, 6) is -0.524. The van der Waals surface area contributed by atoms with Gasteiger partial charge < -0.3 is 4.90 Å². The van der Waals surface area contributed by atoms with Gasteiger partial charge in [-0.25, -0.2) is 8.42 Å². The van der Waals surface area contributed by atoms with E-state index in [4.69, 9.17) is 11.6 Å². The first-order chi connectivity index (χ1) is 11.6. The number of anilines is 1. The Labute approximate surface area is 151 Å². The maximum absolute atomic E-state index is 12.6. The first-order valence-electron chi connectivity index (χ1n) is 7.27. The lowest BCUT2D eigenvalue weighted by atomic mass is 10.2. The number of benzene rings is 2. The first kappa shape index (κ1) is 19.0. The Balaban J connectivity index is 2.41. The van der Waals surface area contributed by atoms with Gasteiger partial charge in [0.05, 0.1) is 15.6 Å². The lowest BCUT2D eigenvalue weighted by Crippen LogP contribution is -2.22. The Morgan fingerprint density at radius 2 is 1.72 bits per heavy atom. The number of carbonyl (C=O) groups is 2. The van der Waals surface area contributed by atoms with Crippen molar-refractivity contribution in [1.82, 2.24) is 4.90 Å². The minimum Gasteiger partial charge on any atom is -0.345 e. The highest BCUT2D eigenvalue weighted by Gasteiger charge is 2.18. The number of ketones is 1. The standard InChI is InChI=1S/C17H17ClN2O4S/c1-11(21)12-5-4-6-14(9-12)25(23,24)19-16-10-13(7-8-15(16)18)17(22)20(2)3/h4-10,19H,1-3H3. The maximum Gasteiger partial charge on any atom is 0.261 e. The highest BCUT2D eigenvalue weighted by Crippen LogP contribution is 2.26. The number of amides is 1. The van der Waals surface area contributed by atoms with E-state index in [1.165, 1.54) is 54.3 Å². The van der Waals surface area contributed by atoms with Crippen LogP contribution in [0, 0.1) is 0 Å². The van der Waals surface area contributed by atoms with Crippen LogP contribution in [0.2, 0.25) is 5.02 Å². The number of halogens is 1. The van der Waals surface area contributed by atoms with E-state index in [1.807, 2.05) is 0 Å². The van der Waals surface area contributed by atoms with Crippen LogP contribution >= 0.6 is 11.6 Å². The van der Waals surface area contributed by atoms with E-state index in [1.54, 1.807) is 14.1 Å². The Morgan fingerprint density at radius 3 is 2.32 bits per heavy atom. The summed E-state index contributed by atoms with van der Waals surface area (Å²) in [5, 5.41) is 0.154. The zero-order chi connectivity index (χ0) is 18.8. The summed E-state index contributed by atoms with van der Waals surface area (Å²) in [7, 11) is -0.784. The smallest absolute Gasteiger partial charge is 0.261 e. The van der Waals surface area contributed by atoms with E-state index in [0.717, 1.165) is 0 Å². The number of rotatable bonds is 5. The second-order valence-corrected chi connectivity index (χ2v) is 7.67. The van der Waals surface area contributed by atoms with Crippen molar-refractivity contribution in [2.24, 2.45) is 0 Å². The van der Waals surface area contributed by atoms with Crippen LogP contribution in [0.3, 0.4) is 0 Å². The molecule has 0 aliphatic rings. The van der Waals surface area contributed by atoms with Gasteiger partial charge in [0.1, 0.15) is 0 Å². The molecule has 0 aromatic heterocycles. The molecule has 0 atom stereocenters. The summed E-state index contributed by atoms with van der Waals surface area (Å²) in [6, 6.07) is 10.0. The summed E-state index contributed by atoms with van der Waals surface area (Å²) in [4.78, 5) is 24.8. The molecule has 0 saturated heterocycles. The van der Waals surface area contributed by atoms with Gasteiger partial charge in [-0.05, 0) is 37.3 Å². The normalized spacial score (nSPS) is 11.0. The van der Waals surface area contributed by atoms with E-state index in [2.05, 4.69) is 4.72 Å². The minimum atomic E-state index is -3.97. The van der Waals surface area contributed by atoms with Crippen molar-refractivity contribution in [3.05, 3.63) is 58.6 Å². The van der Waals surface area contributed by atoms with Gasteiger partial charge in [-0.2, -0.15) is 0 Å². The molecule has 0 aliphatic heterocycles. The molecule has 2 aromatic rings. The SMILES string of the molecule is CC(=O)c1cccc(S(=O)(=O)Nc2cc(C(=O)N(C)C)ccc2Cl)c1. The molecule has 0 spiro atoms. The van der Waals surface area contributed by atoms with Crippen molar-refractivity contribution in [3.63, 3.8) is 0 Å². The van der Waals surface area contributed by atoms with Crippen LogP contribution in [0.25, 0.3) is 0 Å². The molecule has 0 radical (unpaired) electrons. The lowest BCUT2D eigenvalue weighted by molar-refractivity contribution is 0.0827. The van der Waals surface area contributed by atoms with Crippen molar-refractivity contribution in [2.75, 3.05) is 18.8 Å². The Kier molecular flexibility index (Phi) is 5.49. The number of nitrogens with zero attached hydrogens (tertiary/aromatic N) is 1.